The standard InChI is InChI=1S/C18H18Cl2N2O2S/c1-12-2-5-14(6-3-12)18(21)22-24-17(23)8-9-25-11-13-4-7-15(19)16(20)10-13/h2-7,10H,8-9,11H2,1H3,(H2,21,22). The van der Waals surface area contributed by atoms with Crippen molar-refractivity contribution in [3.63, 3.8) is 0 Å². The number of benzene rings is 2. The van der Waals surface area contributed by atoms with E-state index in [2.05, 4.69) is 5.16 Å². The first-order valence-corrected chi connectivity index (χ1v) is 9.49. The lowest BCUT2D eigenvalue weighted by atomic mass is 10.1. The molecule has 0 heterocycles. The van der Waals surface area contributed by atoms with Gasteiger partial charge in [-0.1, -0.05) is 64.3 Å². The molecule has 7 heteroatoms. The number of thioether (sulfide) groups is 1. The maximum atomic E-state index is 11.7. The van der Waals surface area contributed by atoms with E-state index in [4.69, 9.17) is 33.8 Å². The van der Waals surface area contributed by atoms with Gasteiger partial charge in [-0.3, -0.25) is 0 Å². The third-order valence-electron chi connectivity index (χ3n) is 3.30. The number of rotatable bonds is 7. The van der Waals surface area contributed by atoms with Gasteiger partial charge in [0.15, 0.2) is 5.84 Å². The Morgan fingerprint density at radius 1 is 1.16 bits per heavy atom. The van der Waals surface area contributed by atoms with Gasteiger partial charge in [-0.25, -0.2) is 4.79 Å². The lowest BCUT2D eigenvalue weighted by molar-refractivity contribution is -0.143. The molecule has 0 unspecified atom stereocenters. The maximum absolute atomic E-state index is 11.7. The largest absolute Gasteiger partial charge is 0.380 e. The molecule has 0 aliphatic carbocycles. The zero-order chi connectivity index (χ0) is 18.2. The monoisotopic (exact) mass is 396 g/mol. The lowest BCUT2D eigenvalue weighted by Gasteiger charge is -2.04. The molecule has 0 aliphatic heterocycles. The van der Waals surface area contributed by atoms with Gasteiger partial charge in [-0.15, -0.1) is 0 Å². The second kappa shape index (κ2) is 9.70. The average Bonchev–Trinajstić information content (AvgIpc) is 2.60. The maximum Gasteiger partial charge on any atom is 0.335 e. The van der Waals surface area contributed by atoms with Crippen LogP contribution in [0.1, 0.15) is 23.1 Å². The molecule has 0 radical (unpaired) electrons. The fourth-order valence-corrected chi connectivity index (χ4v) is 3.09. The van der Waals surface area contributed by atoms with Crippen molar-refractivity contribution >= 4 is 46.8 Å². The number of hydrogen-bond acceptors (Lipinski definition) is 4. The highest BCUT2D eigenvalue weighted by atomic mass is 35.5. The van der Waals surface area contributed by atoms with Gasteiger partial charge in [0.05, 0.1) is 16.5 Å². The molecule has 0 spiro atoms. The van der Waals surface area contributed by atoms with Crippen LogP contribution in [-0.4, -0.2) is 17.6 Å². The second-order valence-electron chi connectivity index (χ2n) is 5.36. The highest BCUT2D eigenvalue weighted by Crippen LogP contribution is 2.24. The predicted molar refractivity (Wildman–Crippen MR) is 105 cm³/mol. The number of oxime groups is 1. The summed E-state index contributed by atoms with van der Waals surface area (Å²) in [5, 5.41) is 4.74. The van der Waals surface area contributed by atoms with Crippen molar-refractivity contribution in [3.05, 3.63) is 69.2 Å². The molecular formula is C18H18Cl2N2O2S. The Kier molecular flexibility index (Phi) is 7.62. The van der Waals surface area contributed by atoms with E-state index in [9.17, 15) is 4.79 Å². The van der Waals surface area contributed by atoms with Gasteiger partial charge in [0.25, 0.3) is 0 Å². The average molecular weight is 397 g/mol. The summed E-state index contributed by atoms with van der Waals surface area (Å²) in [7, 11) is 0. The van der Waals surface area contributed by atoms with E-state index in [-0.39, 0.29) is 12.3 Å². The number of carbonyl (C=O) groups is 1. The summed E-state index contributed by atoms with van der Waals surface area (Å²) >= 11 is 13.4. The highest BCUT2D eigenvalue weighted by molar-refractivity contribution is 7.98. The molecule has 2 aromatic rings. The van der Waals surface area contributed by atoms with Crippen LogP contribution >= 0.6 is 35.0 Å². The minimum absolute atomic E-state index is 0.178. The molecule has 0 fully saturated rings. The third kappa shape index (κ3) is 6.61. The van der Waals surface area contributed by atoms with Crippen molar-refractivity contribution < 1.29 is 9.63 Å². The fourth-order valence-electron chi connectivity index (χ4n) is 1.90. The van der Waals surface area contributed by atoms with Crippen molar-refractivity contribution in [3.8, 4) is 0 Å². The van der Waals surface area contributed by atoms with Crippen LogP contribution < -0.4 is 5.73 Å². The molecule has 0 aromatic heterocycles. The van der Waals surface area contributed by atoms with Gasteiger partial charge < -0.3 is 10.6 Å². The van der Waals surface area contributed by atoms with Gasteiger partial charge in [0.2, 0.25) is 0 Å². The van der Waals surface area contributed by atoms with Crippen molar-refractivity contribution in [1.29, 1.82) is 0 Å². The van der Waals surface area contributed by atoms with Crippen LogP contribution in [0.5, 0.6) is 0 Å². The van der Waals surface area contributed by atoms with E-state index in [1.807, 2.05) is 43.3 Å². The Bertz CT molecular complexity index is 764. The molecule has 0 atom stereocenters. The quantitative estimate of drug-likeness (QED) is 0.240. The van der Waals surface area contributed by atoms with Crippen LogP contribution in [0.15, 0.2) is 47.6 Å². The minimum atomic E-state index is -0.420. The first kappa shape index (κ1) is 19.6. The zero-order valence-electron chi connectivity index (χ0n) is 13.7. The fraction of sp³-hybridized carbons (Fsp3) is 0.222. The van der Waals surface area contributed by atoms with Crippen LogP contribution in [0, 0.1) is 6.92 Å². The van der Waals surface area contributed by atoms with Crippen LogP contribution in [0.3, 0.4) is 0 Å². The number of carbonyl (C=O) groups excluding carboxylic acids is 1. The molecule has 2 N–H and O–H groups in total. The van der Waals surface area contributed by atoms with Crippen LogP contribution in [0.25, 0.3) is 0 Å². The third-order valence-corrected chi connectivity index (χ3v) is 5.07. The van der Waals surface area contributed by atoms with Gasteiger partial charge in [-0.2, -0.15) is 11.8 Å². The summed E-state index contributed by atoms with van der Waals surface area (Å²) in [6, 6.07) is 13.0. The van der Waals surface area contributed by atoms with Crippen molar-refractivity contribution in [2.24, 2.45) is 10.9 Å². The summed E-state index contributed by atoms with van der Waals surface area (Å²) < 4.78 is 0. The van der Waals surface area contributed by atoms with Gasteiger partial charge in [0, 0.05) is 17.1 Å². The smallest absolute Gasteiger partial charge is 0.335 e. The Morgan fingerprint density at radius 3 is 2.56 bits per heavy atom. The number of nitrogens with zero attached hydrogens (tertiary/aromatic N) is 1. The molecule has 0 saturated carbocycles. The van der Waals surface area contributed by atoms with E-state index >= 15 is 0 Å². The Morgan fingerprint density at radius 2 is 1.88 bits per heavy atom. The molecule has 2 aromatic carbocycles. The number of halogens is 2. The summed E-state index contributed by atoms with van der Waals surface area (Å²) in [4.78, 5) is 16.6. The molecule has 0 aliphatic rings. The van der Waals surface area contributed by atoms with Crippen LogP contribution in [0.2, 0.25) is 10.0 Å². The van der Waals surface area contributed by atoms with Crippen molar-refractivity contribution in [2.45, 2.75) is 19.1 Å². The van der Waals surface area contributed by atoms with E-state index in [0.29, 0.717) is 21.4 Å². The highest BCUT2D eigenvalue weighted by Gasteiger charge is 2.06. The molecule has 0 amide bonds. The number of hydrogen-bond donors (Lipinski definition) is 1. The van der Waals surface area contributed by atoms with Crippen LogP contribution in [0.4, 0.5) is 0 Å². The molecule has 0 bridgehead atoms. The molecule has 25 heavy (non-hydrogen) atoms. The normalized spacial score (nSPS) is 11.4. The SMILES string of the molecule is Cc1ccc(/C(N)=N\OC(=O)CCSCc2ccc(Cl)c(Cl)c2)cc1. The lowest BCUT2D eigenvalue weighted by Crippen LogP contribution is -2.15. The number of nitrogens with two attached hydrogens (primary N) is 1. The first-order valence-electron chi connectivity index (χ1n) is 7.57. The number of amidine groups is 1. The Hall–Kier alpha value is -1.69. The summed E-state index contributed by atoms with van der Waals surface area (Å²) in [5.41, 5.74) is 8.68. The second-order valence-corrected chi connectivity index (χ2v) is 7.28. The Labute approximate surface area is 161 Å². The van der Waals surface area contributed by atoms with Gasteiger partial charge in [0.1, 0.15) is 0 Å². The van der Waals surface area contributed by atoms with Gasteiger partial charge in [-0.05, 0) is 24.6 Å². The molecule has 2 rings (SSSR count). The van der Waals surface area contributed by atoms with E-state index in [1.165, 1.54) is 0 Å². The topological polar surface area (TPSA) is 64.7 Å². The molecule has 0 saturated heterocycles. The summed E-state index contributed by atoms with van der Waals surface area (Å²) in [6.45, 7) is 1.98. The summed E-state index contributed by atoms with van der Waals surface area (Å²) in [6.07, 6.45) is 0.247. The van der Waals surface area contributed by atoms with Gasteiger partial charge >= 0.3 is 5.97 Å². The molecule has 4 nitrogen and oxygen atoms in total. The molecule has 132 valence electrons. The van der Waals surface area contributed by atoms with E-state index < -0.39 is 5.97 Å². The Balaban J connectivity index is 1.72. The van der Waals surface area contributed by atoms with E-state index in [1.54, 1.807) is 17.8 Å². The number of aryl methyl sites for hydroxylation is 1. The zero-order valence-corrected chi connectivity index (χ0v) is 16.0. The summed E-state index contributed by atoms with van der Waals surface area (Å²) in [5.74, 6) is 1.10. The van der Waals surface area contributed by atoms with Crippen molar-refractivity contribution in [1.82, 2.24) is 0 Å². The molecular weight excluding hydrogens is 379 g/mol. The first-order chi connectivity index (χ1) is 12.0. The van der Waals surface area contributed by atoms with Crippen molar-refractivity contribution in [2.75, 3.05) is 5.75 Å². The van der Waals surface area contributed by atoms with Crippen LogP contribution in [-0.2, 0) is 15.4 Å². The predicted octanol–water partition coefficient (Wildman–Crippen LogP) is 4.79. The van der Waals surface area contributed by atoms with E-state index in [0.717, 1.165) is 16.9 Å². The minimum Gasteiger partial charge on any atom is -0.380 e.